The number of methoxy groups -OCH3 is 1. The van der Waals surface area contributed by atoms with Crippen LogP contribution in [0.25, 0.3) is 6.08 Å². The summed E-state index contributed by atoms with van der Waals surface area (Å²) < 4.78 is 16.4. The van der Waals surface area contributed by atoms with Crippen LogP contribution in [0.2, 0.25) is 0 Å². The van der Waals surface area contributed by atoms with Gasteiger partial charge in [-0.3, -0.25) is 4.79 Å². The average Bonchev–Trinajstić information content (AvgIpc) is 3.04. The summed E-state index contributed by atoms with van der Waals surface area (Å²) in [5.41, 5.74) is 2.75. The van der Waals surface area contributed by atoms with E-state index in [9.17, 15) is 9.59 Å². The second-order valence-corrected chi connectivity index (χ2v) is 6.60. The quantitative estimate of drug-likeness (QED) is 0.365. The van der Waals surface area contributed by atoms with Gasteiger partial charge in [0, 0.05) is 6.07 Å². The molecule has 0 bridgehead atoms. The van der Waals surface area contributed by atoms with E-state index in [-0.39, 0.29) is 17.3 Å². The number of carbonyl (C=O) groups is 2. The highest BCUT2D eigenvalue weighted by Crippen LogP contribution is 2.35. The fraction of sp³-hybridized carbons (Fsp3) is 0.0833. The first kappa shape index (κ1) is 18.5. The largest absolute Gasteiger partial charge is 0.496 e. The number of rotatable bonds is 4. The molecule has 0 saturated heterocycles. The van der Waals surface area contributed by atoms with Crippen LogP contribution in [-0.4, -0.2) is 18.9 Å². The molecule has 0 atom stereocenters. The maximum absolute atomic E-state index is 12.6. The number of esters is 1. The van der Waals surface area contributed by atoms with E-state index in [0.29, 0.717) is 22.6 Å². The van der Waals surface area contributed by atoms with Crippen LogP contribution in [-0.2, 0) is 0 Å². The van der Waals surface area contributed by atoms with Gasteiger partial charge in [-0.05, 0) is 42.8 Å². The van der Waals surface area contributed by atoms with Crippen LogP contribution in [0, 0.1) is 6.92 Å². The first-order valence-electron chi connectivity index (χ1n) is 9.05. The Kier molecular flexibility index (Phi) is 4.87. The zero-order valence-electron chi connectivity index (χ0n) is 16.0. The monoisotopic (exact) mass is 386 g/mol. The van der Waals surface area contributed by atoms with Gasteiger partial charge in [-0.1, -0.05) is 42.0 Å². The molecule has 1 heterocycles. The highest BCUT2D eigenvalue weighted by atomic mass is 16.5. The van der Waals surface area contributed by atoms with Crippen molar-refractivity contribution in [3.05, 3.63) is 94.7 Å². The van der Waals surface area contributed by atoms with Crippen molar-refractivity contribution < 1.29 is 23.8 Å². The average molecular weight is 386 g/mol. The molecule has 4 rings (SSSR count). The van der Waals surface area contributed by atoms with Crippen molar-refractivity contribution in [2.45, 2.75) is 6.92 Å². The second-order valence-electron chi connectivity index (χ2n) is 6.60. The number of hydrogen-bond donors (Lipinski definition) is 0. The minimum atomic E-state index is -0.554. The number of carbonyl (C=O) groups excluding carboxylic acids is 2. The van der Waals surface area contributed by atoms with Crippen molar-refractivity contribution >= 4 is 17.8 Å². The van der Waals surface area contributed by atoms with Crippen LogP contribution in [0.15, 0.2) is 72.5 Å². The first-order valence-corrected chi connectivity index (χ1v) is 9.05. The van der Waals surface area contributed by atoms with E-state index in [0.717, 1.165) is 11.1 Å². The molecule has 5 heteroatoms. The number of aryl methyl sites for hydroxylation is 1. The number of ether oxygens (including phenoxy) is 3. The third-order valence-electron chi connectivity index (χ3n) is 4.55. The van der Waals surface area contributed by atoms with Crippen molar-refractivity contribution in [2.24, 2.45) is 0 Å². The van der Waals surface area contributed by atoms with Crippen molar-refractivity contribution in [1.29, 1.82) is 0 Å². The summed E-state index contributed by atoms with van der Waals surface area (Å²) in [6.07, 6.45) is 1.70. The number of ketones is 1. The lowest BCUT2D eigenvalue weighted by Crippen LogP contribution is -2.10. The zero-order chi connectivity index (χ0) is 20.4. The van der Waals surface area contributed by atoms with Gasteiger partial charge >= 0.3 is 5.97 Å². The molecular weight excluding hydrogens is 368 g/mol. The van der Waals surface area contributed by atoms with E-state index in [1.165, 1.54) is 13.2 Å². The molecule has 0 aliphatic carbocycles. The minimum absolute atomic E-state index is 0.205. The van der Waals surface area contributed by atoms with Crippen LogP contribution >= 0.6 is 0 Å². The number of benzene rings is 3. The van der Waals surface area contributed by atoms with E-state index in [1.54, 1.807) is 42.5 Å². The molecule has 144 valence electrons. The third kappa shape index (κ3) is 3.75. The number of allylic oxidation sites excluding steroid dienone is 1. The Hall–Kier alpha value is -3.86. The molecule has 3 aromatic rings. The Balaban J connectivity index is 1.56. The maximum Gasteiger partial charge on any atom is 0.347 e. The first-order chi connectivity index (χ1) is 14.0. The van der Waals surface area contributed by atoms with E-state index in [1.807, 2.05) is 31.2 Å². The van der Waals surface area contributed by atoms with E-state index in [4.69, 9.17) is 14.2 Å². The number of Topliss-reactive ketones (excluding diaryl/α,β-unsaturated/α-hetero) is 1. The van der Waals surface area contributed by atoms with E-state index < -0.39 is 5.97 Å². The van der Waals surface area contributed by atoms with Crippen molar-refractivity contribution in [3.8, 4) is 17.2 Å². The highest BCUT2D eigenvalue weighted by Gasteiger charge is 2.28. The minimum Gasteiger partial charge on any atom is -0.496 e. The summed E-state index contributed by atoms with van der Waals surface area (Å²) in [5, 5.41) is 0. The Bertz CT molecular complexity index is 1130. The topological polar surface area (TPSA) is 61.8 Å². The van der Waals surface area contributed by atoms with Gasteiger partial charge in [-0.15, -0.1) is 0 Å². The molecule has 5 nitrogen and oxygen atoms in total. The molecule has 29 heavy (non-hydrogen) atoms. The molecule has 0 amide bonds. The highest BCUT2D eigenvalue weighted by molar-refractivity contribution is 6.14. The maximum atomic E-state index is 12.6. The molecule has 0 aromatic heterocycles. The molecule has 0 spiro atoms. The lowest BCUT2D eigenvalue weighted by molar-refractivity contribution is 0.0731. The summed E-state index contributed by atoms with van der Waals surface area (Å²) in [6, 6.07) is 19.3. The van der Waals surface area contributed by atoms with Gasteiger partial charge < -0.3 is 14.2 Å². The Morgan fingerprint density at radius 1 is 1.00 bits per heavy atom. The van der Waals surface area contributed by atoms with E-state index in [2.05, 4.69) is 0 Å². The van der Waals surface area contributed by atoms with Crippen molar-refractivity contribution in [1.82, 2.24) is 0 Å². The second kappa shape index (κ2) is 7.64. The summed E-state index contributed by atoms with van der Waals surface area (Å²) in [5.74, 6) is 0.540. The Morgan fingerprint density at radius 3 is 2.52 bits per heavy atom. The van der Waals surface area contributed by atoms with Crippen LogP contribution in [0.1, 0.15) is 31.8 Å². The number of fused-ring (bicyclic) bond motifs is 1. The van der Waals surface area contributed by atoms with Gasteiger partial charge in [-0.25, -0.2) is 4.79 Å². The van der Waals surface area contributed by atoms with Crippen molar-refractivity contribution in [2.75, 3.05) is 7.11 Å². The van der Waals surface area contributed by atoms with Gasteiger partial charge in [-0.2, -0.15) is 0 Å². The fourth-order valence-corrected chi connectivity index (χ4v) is 3.02. The normalized spacial score (nSPS) is 13.7. The summed E-state index contributed by atoms with van der Waals surface area (Å²) in [7, 11) is 1.49. The third-order valence-corrected chi connectivity index (χ3v) is 4.55. The molecule has 1 aliphatic heterocycles. The van der Waals surface area contributed by atoms with Gasteiger partial charge in [0.05, 0.1) is 12.7 Å². The van der Waals surface area contributed by atoms with Crippen LogP contribution in [0.5, 0.6) is 17.2 Å². The van der Waals surface area contributed by atoms with Crippen molar-refractivity contribution in [3.63, 3.8) is 0 Å². The predicted molar refractivity (Wildman–Crippen MR) is 109 cm³/mol. The SMILES string of the molecule is COc1ccccc1C(=O)Oc1ccc2c(c1)OC(=Cc1ccc(C)cc1)C2=O. The lowest BCUT2D eigenvalue weighted by atomic mass is 10.1. The summed E-state index contributed by atoms with van der Waals surface area (Å²) >= 11 is 0. The molecule has 1 aliphatic rings. The van der Waals surface area contributed by atoms with E-state index >= 15 is 0 Å². The van der Waals surface area contributed by atoms with Crippen LogP contribution in [0.3, 0.4) is 0 Å². The molecule has 0 radical (unpaired) electrons. The molecule has 0 saturated carbocycles. The molecule has 3 aromatic carbocycles. The van der Waals surface area contributed by atoms with Crippen LogP contribution < -0.4 is 14.2 Å². The van der Waals surface area contributed by atoms with Crippen LogP contribution in [0.4, 0.5) is 0 Å². The van der Waals surface area contributed by atoms with Gasteiger partial charge in [0.25, 0.3) is 0 Å². The summed E-state index contributed by atoms with van der Waals surface area (Å²) in [6.45, 7) is 2.00. The molecule has 0 unspecified atom stereocenters. The standard InChI is InChI=1S/C24H18O5/c1-15-7-9-16(10-8-15)13-22-23(25)18-12-11-17(14-21(18)29-22)28-24(26)19-5-3-4-6-20(19)27-2/h3-14H,1-2H3. The predicted octanol–water partition coefficient (Wildman–Crippen LogP) is 4.84. The van der Waals surface area contributed by atoms with Gasteiger partial charge in [0.2, 0.25) is 5.78 Å². The number of hydrogen-bond acceptors (Lipinski definition) is 5. The zero-order valence-corrected chi connectivity index (χ0v) is 16.0. The fourth-order valence-electron chi connectivity index (χ4n) is 3.02. The Labute approximate surface area is 168 Å². The number of para-hydroxylation sites is 1. The molecule has 0 fully saturated rings. The van der Waals surface area contributed by atoms with Gasteiger partial charge in [0.1, 0.15) is 22.8 Å². The molecule has 0 N–H and O–H groups in total. The molecular formula is C24H18O5. The summed E-state index contributed by atoms with van der Waals surface area (Å²) in [4.78, 5) is 25.1. The Morgan fingerprint density at radius 2 is 1.76 bits per heavy atom. The van der Waals surface area contributed by atoms with Gasteiger partial charge in [0.15, 0.2) is 5.76 Å². The smallest absolute Gasteiger partial charge is 0.347 e. The lowest BCUT2D eigenvalue weighted by Gasteiger charge is -2.08.